The van der Waals surface area contributed by atoms with E-state index in [1.54, 1.807) is 0 Å². The highest BCUT2D eigenvalue weighted by Gasteiger charge is 2.04. The van der Waals surface area contributed by atoms with Gasteiger partial charge in [0.05, 0.1) is 0 Å². The second-order valence-corrected chi connectivity index (χ2v) is 4.01. The highest BCUT2D eigenvalue weighted by Crippen LogP contribution is 2.19. The van der Waals surface area contributed by atoms with Gasteiger partial charge in [-0.25, -0.2) is 0 Å². The number of nitrogens with two attached hydrogens (primary N) is 2. The molecule has 0 saturated carbocycles. The van der Waals surface area contributed by atoms with Crippen molar-refractivity contribution in [2.24, 2.45) is 11.5 Å². The molecule has 0 fully saturated rings. The molecule has 1 atom stereocenters. The largest absolute Gasteiger partial charge is 0.330 e. The Bertz CT molecular complexity index is 263. The average molecular weight is 243 g/mol. The van der Waals surface area contributed by atoms with E-state index in [4.69, 9.17) is 11.5 Å². The van der Waals surface area contributed by atoms with E-state index >= 15 is 0 Å². The minimum atomic E-state index is 0.112. The van der Waals surface area contributed by atoms with E-state index in [1.807, 2.05) is 18.2 Å². The van der Waals surface area contributed by atoms with Crippen LogP contribution in [0.3, 0.4) is 0 Å². The van der Waals surface area contributed by atoms with Gasteiger partial charge in [0, 0.05) is 10.5 Å². The molecule has 0 spiro atoms. The van der Waals surface area contributed by atoms with Crippen LogP contribution in [-0.4, -0.2) is 6.54 Å². The fourth-order valence-electron chi connectivity index (χ4n) is 1.24. The minimum Gasteiger partial charge on any atom is -0.330 e. The van der Waals surface area contributed by atoms with Gasteiger partial charge in [0.15, 0.2) is 0 Å². The molecule has 0 saturated heterocycles. The summed E-state index contributed by atoms with van der Waals surface area (Å²) in [6, 6.07) is 8.22. The predicted molar refractivity (Wildman–Crippen MR) is 59.4 cm³/mol. The van der Waals surface area contributed by atoms with Crippen LogP contribution >= 0.6 is 15.9 Å². The van der Waals surface area contributed by atoms with Gasteiger partial charge in [-0.2, -0.15) is 0 Å². The summed E-state index contributed by atoms with van der Waals surface area (Å²) in [6.07, 6.45) is 1.93. The van der Waals surface area contributed by atoms with Crippen LogP contribution in [0.2, 0.25) is 0 Å². The van der Waals surface area contributed by atoms with Crippen LogP contribution in [0, 0.1) is 0 Å². The maximum atomic E-state index is 5.97. The van der Waals surface area contributed by atoms with Crippen molar-refractivity contribution in [3.05, 3.63) is 34.3 Å². The Morgan fingerprint density at radius 2 is 2.15 bits per heavy atom. The van der Waals surface area contributed by atoms with Crippen LogP contribution in [0.5, 0.6) is 0 Å². The van der Waals surface area contributed by atoms with Gasteiger partial charge < -0.3 is 11.5 Å². The van der Waals surface area contributed by atoms with Crippen LogP contribution in [0.4, 0.5) is 0 Å². The van der Waals surface area contributed by atoms with Crippen molar-refractivity contribution in [1.29, 1.82) is 0 Å². The molecular weight excluding hydrogens is 228 g/mol. The third-order valence-electron chi connectivity index (χ3n) is 2.00. The molecule has 72 valence electrons. The number of halogens is 1. The lowest BCUT2D eigenvalue weighted by Gasteiger charge is -2.11. The Hall–Kier alpha value is -0.380. The normalized spacial score (nSPS) is 12.8. The fourth-order valence-corrected chi connectivity index (χ4v) is 1.66. The maximum Gasteiger partial charge on any atom is 0.0295 e. The molecule has 0 aliphatic rings. The zero-order valence-electron chi connectivity index (χ0n) is 7.54. The molecule has 0 aromatic heterocycles. The number of rotatable bonds is 4. The Morgan fingerprint density at radius 1 is 1.38 bits per heavy atom. The first-order chi connectivity index (χ1) is 6.24. The van der Waals surface area contributed by atoms with E-state index in [2.05, 4.69) is 22.0 Å². The fraction of sp³-hybridized carbons (Fsp3) is 0.400. The number of benzene rings is 1. The molecule has 1 rings (SSSR count). The summed E-state index contributed by atoms with van der Waals surface area (Å²) >= 11 is 3.42. The van der Waals surface area contributed by atoms with E-state index in [9.17, 15) is 0 Å². The highest BCUT2D eigenvalue weighted by atomic mass is 79.9. The summed E-state index contributed by atoms with van der Waals surface area (Å²) in [4.78, 5) is 0. The van der Waals surface area contributed by atoms with Gasteiger partial charge in [0.25, 0.3) is 0 Å². The molecule has 0 aliphatic carbocycles. The molecule has 13 heavy (non-hydrogen) atoms. The zero-order chi connectivity index (χ0) is 9.68. The van der Waals surface area contributed by atoms with Crippen LogP contribution in [-0.2, 0) is 0 Å². The summed E-state index contributed by atoms with van der Waals surface area (Å²) < 4.78 is 1.08. The van der Waals surface area contributed by atoms with Gasteiger partial charge in [-0.1, -0.05) is 28.1 Å². The zero-order valence-corrected chi connectivity index (χ0v) is 9.13. The topological polar surface area (TPSA) is 52.0 Å². The van der Waals surface area contributed by atoms with Crippen LogP contribution in [0.15, 0.2) is 28.7 Å². The first kappa shape index (κ1) is 10.7. The number of hydrogen-bond acceptors (Lipinski definition) is 2. The van der Waals surface area contributed by atoms with Crippen LogP contribution < -0.4 is 11.5 Å². The molecule has 4 N–H and O–H groups in total. The van der Waals surface area contributed by atoms with Crippen molar-refractivity contribution in [2.45, 2.75) is 18.9 Å². The third-order valence-corrected chi connectivity index (χ3v) is 2.49. The summed E-state index contributed by atoms with van der Waals surface area (Å²) in [5.41, 5.74) is 12.6. The smallest absolute Gasteiger partial charge is 0.0295 e. The summed E-state index contributed by atoms with van der Waals surface area (Å²) in [6.45, 7) is 0.710. The molecule has 0 bridgehead atoms. The SMILES string of the molecule is NCCC[C@@H](N)c1cccc(Br)c1. The molecule has 0 heterocycles. The van der Waals surface area contributed by atoms with Crippen molar-refractivity contribution < 1.29 is 0 Å². The standard InChI is InChI=1S/C10H15BrN2/c11-9-4-1-3-8(7-9)10(13)5-2-6-12/h1,3-4,7,10H,2,5-6,12-13H2/t10-/m1/s1. The lowest BCUT2D eigenvalue weighted by atomic mass is 10.0. The van der Waals surface area contributed by atoms with Crippen molar-refractivity contribution in [1.82, 2.24) is 0 Å². The van der Waals surface area contributed by atoms with Crippen molar-refractivity contribution in [2.75, 3.05) is 6.54 Å². The van der Waals surface area contributed by atoms with E-state index < -0.39 is 0 Å². The lowest BCUT2D eigenvalue weighted by molar-refractivity contribution is 0.618. The Morgan fingerprint density at radius 3 is 2.77 bits per heavy atom. The molecule has 1 aromatic rings. The first-order valence-corrected chi connectivity index (χ1v) is 5.24. The summed E-state index contributed by atoms with van der Waals surface area (Å²) in [5.74, 6) is 0. The average Bonchev–Trinajstić information content (AvgIpc) is 2.14. The van der Waals surface area contributed by atoms with Crippen molar-refractivity contribution in [3.8, 4) is 0 Å². The molecule has 0 radical (unpaired) electrons. The lowest BCUT2D eigenvalue weighted by Crippen LogP contribution is -2.12. The van der Waals surface area contributed by atoms with E-state index in [0.717, 1.165) is 17.3 Å². The van der Waals surface area contributed by atoms with Gasteiger partial charge in [-0.05, 0) is 37.1 Å². The van der Waals surface area contributed by atoms with Crippen molar-refractivity contribution in [3.63, 3.8) is 0 Å². The molecular formula is C10H15BrN2. The number of hydrogen-bond donors (Lipinski definition) is 2. The molecule has 1 aromatic carbocycles. The highest BCUT2D eigenvalue weighted by molar-refractivity contribution is 9.10. The Labute approximate surface area is 87.4 Å². The summed E-state index contributed by atoms with van der Waals surface area (Å²) in [5, 5.41) is 0. The minimum absolute atomic E-state index is 0.112. The molecule has 2 nitrogen and oxygen atoms in total. The van der Waals surface area contributed by atoms with Gasteiger partial charge >= 0.3 is 0 Å². The summed E-state index contributed by atoms with van der Waals surface area (Å²) in [7, 11) is 0. The van der Waals surface area contributed by atoms with Gasteiger partial charge in [-0.15, -0.1) is 0 Å². The predicted octanol–water partition coefficient (Wildman–Crippen LogP) is 2.19. The van der Waals surface area contributed by atoms with Crippen molar-refractivity contribution >= 4 is 15.9 Å². The second kappa shape index (κ2) is 5.37. The first-order valence-electron chi connectivity index (χ1n) is 4.45. The van der Waals surface area contributed by atoms with E-state index in [-0.39, 0.29) is 6.04 Å². The van der Waals surface area contributed by atoms with E-state index in [1.165, 1.54) is 5.56 Å². The van der Waals surface area contributed by atoms with Gasteiger partial charge in [0.1, 0.15) is 0 Å². The van der Waals surface area contributed by atoms with Crippen LogP contribution in [0.1, 0.15) is 24.4 Å². The second-order valence-electron chi connectivity index (χ2n) is 3.09. The molecule has 0 aliphatic heterocycles. The van der Waals surface area contributed by atoms with E-state index in [0.29, 0.717) is 6.54 Å². The quantitative estimate of drug-likeness (QED) is 0.851. The Kier molecular flexibility index (Phi) is 4.42. The third kappa shape index (κ3) is 3.46. The van der Waals surface area contributed by atoms with Gasteiger partial charge in [-0.3, -0.25) is 0 Å². The van der Waals surface area contributed by atoms with Crippen LogP contribution in [0.25, 0.3) is 0 Å². The Balaban J connectivity index is 2.60. The maximum absolute atomic E-state index is 5.97. The van der Waals surface area contributed by atoms with Gasteiger partial charge in [0.2, 0.25) is 0 Å². The molecule has 0 unspecified atom stereocenters. The molecule has 0 amide bonds. The molecule has 3 heteroatoms. The monoisotopic (exact) mass is 242 g/mol.